The van der Waals surface area contributed by atoms with Crippen LogP contribution in [0.3, 0.4) is 0 Å². The molecule has 2 rings (SSSR count). The van der Waals surface area contributed by atoms with Gasteiger partial charge in [0.25, 0.3) is 0 Å². The molecule has 21 heavy (non-hydrogen) atoms. The van der Waals surface area contributed by atoms with Crippen molar-refractivity contribution in [1.82, 2.24) is 0 Å². The lowest BCUT2D eigenvalue weighted by Crippen LogP contribution is -2.22. The van der Waals surface area contributed by atoms with Gasteiger partial charge in [0.1, 0.15) is 5.75 Å². The average Bonchev–Trinajstić information content (AvgIpc) is 2.51. The molecule has 0 aliphatic heterocycles. The summed E-state index contributed by atoms with van der Waals surface area (Å²) in [6.07, 6.45) is 0.992. The molecule has 0 aliphatic carbocycles. The summed E-state index contributed by atoms with van der Waals surface area (Å²) in [7, 11) is 0. The van der Waals surface area contributed by atoms with Crippen LogP contribution in [0.1, 0.15) is 25.8 Å². The van der Waals surface area contributed by atoms with Crippen LogP contribution in [0.5, 0.6) is 5.75 Å². The summed E-state index contributed by atoms with van der Waals surface area (Å²) >= 11 is 0. The molecule has 2 aromatic carbocycles. The van der Waals surface area contributed by atoms with Crippen molar-refractivity contribution >= 4 is 11.4 Å². The first-order chi connectivity index (χ1) is 10.2. The van der Waals surface area contributed by atoms with Gasteiger partial charge >= 0.3 is 0 Å². The molecule has 0 saturated heterocycles. The Morgan fingerprint density at radius 3 is 2.48 bits per heavy atom. The lowest BCUT2D eigenvalue weighted by Gasteiger charge is -2.24. The zero-order valence-corrected chi connectivity index (χ0v) is 12.9. The van der Waals surface area contributed by atoms with E-state index in [9.17, 15) is 0 Å². The van der Waals surface area contributed by atoms with Crippen molar-refractivity contribution in [2.45, 2.75) is 26.8 Å². The van der Waals surface area contributed by atoms with Crippen LogP contribution in [0.4, 0.5) is 11.4 Å². The van der Waals surface area contributed by atoms with E-state index >= 15 is 0 Å². The Labute approximate surface area is 127 Å². The lowest BCUT2D eigenvalue weighted by molar-refractivity contribution is 0.317. The molecular formula is C18H24N2O. The fourth-order valence-corrected chi connectivity index (χ4v) is 2.28. The van der Waals surface area contributed by atoms with Gasteiger partial charge in [0.2, 0.25) is 0 Å². The van der Waals surface area contributed by atoms with Crippen molar-refractivity contribution in [2.75, 3.05) is 23.8 Å². The second-order valence-corrected chi connectivity index (χ2v) is 5.11. The van der Waals surface area contributed by atoms with E-state index in [4.69, 9.17) is 10.5 Å². The van der Waals surface area contributed by atoms with Crippen molar-refractivity contribution in [3.63, 3.8) is 0 Å². The van der Waals surface area contributed by atoms with Crippen LogP contribution < -0.4 is 15.4 Å². The third kappa shape index (κ3) is 4.42. The zero-order valence-electron chi connectivity index (χ0n) is 12.9. The predicted molar refractivity (Wildman–Crippen MR) is 89.8 cm³/mol. The van der Waals surface area contributed by atoms with Crippen LogP contribution in [0.25, 0.3) is 0 Å². The maximum Gasteiger partial charge on any atom is 0.123 e. The highest BCUT2D eigenvalue weighted by Crippen LogP contribution is 2.26. The number of nitrogens with two attached hydrogens (primary N) is 1. The van der Waals surface area contributed by atoms with Gasteiger partial charge < -0.3 is 15.4 Å². The standard InChI is InChI=1S/C18H24N2O/c1-3-10-21-18-12-16(19)11-17(13-18)20(4-2)14-15-8-6-5-7-9-15/h5-9,11-13H,3-4,10,14,19H2,1-2H3. The Morgan fingerprint density at radius 2 is 1.81 bits per heavy atom. The van der Waals surface area contributed by atoms with E-state index in [0.29, 0.717) is 6.61 Å². The minimum atomic E-state index is 0.716. The van der Waals surface area contributed by atoms with E-state index in [-0.39, 0.29) is 0 Å². The smallest absolute Gasteiger partial charge is 0.123 e. The first-order valence-corrected chi connectivity index (χ1v) is 7.55. The van der Waals surface area contributed by atoms with Gasteiger partial charge in [0, 0.05) is 36.6 Å². The van der Waals surface area contributed by atoms with Crippen LogP contribution in [0.2, 0.25) is 0 Å². The molecule has 0 aromatic heterocycles. The van der Waals surface area contributed by atoms with Gasteiger partial charge in [-0.2, -0.15) is 0 Å². The first-order valence-electron chi connectivity index (χ1n) is 7.55. The van der Waals surface area contributed by atoms with E-state index < -0.39 is 0 Å². The van der Waals surface area contributed by atoms with Crippen molar-refractivity contribution in [3.8, 4) is 5.75 Å². The summed E-state index contributed by atoms with van der Waals surface area (Å²) in [6.45, 7) is 6.76. The summed E-state index contributed by atoms with van der Waals surface area (Å²) in [5.41, 5.74) is 9.14. The SMILES string of the molecule is CCCOc1cc(N)cc(N(CC)Cc2ccccc2)c1. The molecule has 0 bridgehead atoms. The maximum absolute atomic E-state index is 6.01. The number of nitrogen functional groups attached to an aromatic ring is 1. The maximum atomic E-state index is 6.01. The predicted octanol–water partition coefficient (Wildman–Crippen LogP) is 4.08. The van der Waals surface area contributed by atoms with Gasteiger partial charge in [-0.1, -0.05) is 37.3 Å². The second kappa shape index (κ2) is 7.58. The second-order valence-electron chi connectivity index (χ2n) is 5.11. The van der Waals surface area contributed by atoms with Crippen molar-refractivity contribution < 1.29 is 4.74 Å². The number of benzene rings is 2. The molecule has 3 heteroatoms. The Balaban J connectivity index is 2.19. The fourth-order valence-electron chi connectivity index (χ4n) is 2.28. The van der Waals surface area contributed by atoms with E-state index in [1.54, 1.807) is 0 Å². The molecule has 3 nitrogen and oxygen atoms in total. The molecule has 2 aromatic rings. The zero-order chi connectivity index (χ0) is 15.1. The van der Waals surface area contributed by atoms with Crippen molar-refractivity contribution in [2.24, 2.45) is 0 Å². The Bertz CT molecular complexity index is 554. The molecule has 0 atom stereocenters. The molecule has 0 saturated carbocycles. The summed E-state index contributed by atoms with van der Waals surface area (Å²) in [4.78, 5) is 2.30. The molecule has 2 N–H and O–H groups in total. The van der Waals surface area contributed by atoms with Gasteiger partial charge in [0.05, 0.1) is 6.61 Å². The lowest BCUT2D eigenvalue weighted by atomic mass is 10.2. The van der Waals surface area contributed by atoms with E-state index in [0.717, 1.165) is 36.6 Å². The van der Waals surface area contributed by atoms with Gasteiger partial charge in [-0.25, -0.2) is 0 Å². The fraction of sp³-hybridized carbons (Fsp3) is 0.333. The molecule has 0 amide bonds. The van der Waals surface area contributed by atoms with Crippen LogP contribution in [0, 0.1) is 0 Å². The normalized spacial score (nSPS) is 10.4. The average molecular weight is 284 g/mol. The number of anilines is 2. The Hall–Kier alpha value is -2.16. The monoisotopic (exact) mass is 284 g/mol. The molecule has 112 valence electrons. The summed E-state index contributed by atoms with van der Waals surface area (Å²) in [6, 6.07) is 16.4. The van der Waals surface area contributed by atoms with Crippen molar-refractivity contribution in [3.05, 3.63) is 54.1 Å². The van der Waals surface area contributed by atoms with Crippen LogP contribution in [-0.4, -0.2) is 13.2 Å². The number of hydrogen-bond acceptors (Lipinski definition) is 3. The Kier molecular flexibility index (Phi) is 5.50. The third-order valence-corrected chi connectivity index (χ3v) is 3.35. The Morgan fingerprint density at radius 1 is 1.05 bits per heavy atom. The third-order valence-electron chi connectivity index (χ3n) is 3.35. The van der Waals surface area contributed by atoms with E-state index in [2.05, 4.69) is 49.1 Å². The highest BCUT2D eigenvalue weighted by molar-refractivity contribution is 5.60. The van der Waals surface area contributed by atoms with Gasteiger partial charge in [-0.15, -0.1) is 0 Å². The topological polar surface area (TPSA) is 38.5 Å². The van der Waals surface area contributed by atoms with Gasteiger partial charge in [-0.05, 0) is 25.0 Å². The van der Waals surface area contributed by atoms with E-state index in [1.165, 1.54) is 5.56 Å². The minimum Gasteiger partial charge on any atom is -0.493 e. The minimum absolute atomic E-state index is 0.716. The molecule has 0 unspecified atom stereocenters. The molecular weight excluding hydrogens is 260 g/mol. The van der Waals surface area contributed by atoms with Crippen LogP contribution in [-0.2, 0) is 6.54 Å². The molecule has 0 radical (unpaired) electrons. The molecule has 0 spiro atoms. The summed E-state index contributed by atoms with van der Waals surface area (Å²) in [5.74, 6) is 0.846. The highest BCUT2D eigenvalue weighted by Gasteiger charge is 2.08. The quantitative estimate of drug-likeness (QED) is 0.778. The van der Waals surface area contributed by atoms with Gasteiger partial charge in [-0.3, -0.25) is 0 Å². The largest absolute Gasteiger partial charge is 0.493 e. The number of hydrogen-bond donors (Lipinski definition) is 1. The van der Waals surface area contributed by atoms with Gasteiger partial charge in [0.15, 0.2) is 0 Å². The highest BCUT2D eigenvalue weighted by atomic mass is 16.5. The number of ether oxygens (including phenoxy) is 1. The molecule has 0 fully saturated rings. The summed E-state index contributed by atoms with van der Waals surface area (Å²) in [5, 5.41) is 0. The van der Waals surface area contributed by atoms with Crippen LogP contribution in [0.15, 0.2) is 48.5 Å². The number of nitrogens with zero attached hydrogens (tertiary/aromatic N) is 1. The summed E-state index contributed by atoms with van der Waals surface area (Å²) < 4.78 is 5.71. The molecule has 0 aliphatic rings. The van der Waals surface area contributed by atoms with Crippen molar-refractivity contribution in [1.29, 1.82) is 0 Å². The van der Waals surface area contributed by atoms with E-state index in [1.807, 2.05) is 18.2 Å². The number of rotatable bonds is 7. The molecule has 0 heterocycles. The van der Waals surface area contributed by atoms with Crippen LogP contribution >= 0.6 is 0 Å². The first kappa shape index (κ1) is 15.2.